The van der Waals surface area contributed by atoms with Crippen LogP contribution in [0.15, 0.2) is 42.7 Å². The SMILES string of the molecule is CCN1CCCC1CN(Cc1cccnc1)Cc1ccc(OC)c(OC(C)C)c1. The minimum atomic E-state index is 0.113. The molecule has 1 atom stereocenters. The zero-order chi connectivity index (χ0) is 20.6. The third-order valence-corrected chi connectivity index (χ3v) is 5.50. The molecule has 1 aliphatic rings. The molecule has 5 nitrogen and oxygen atoms in total. The lowest BCUT2D eigenvalue weighted by atomic mass is 10.1. The number of benzene rings is 1. The van der Waals surface area contributed by atoms with Crippen molar-refractivity contribution in [3.63, 3.8) is 0 Å². The smallest absolute Gasteiger partial charge is 0.161 e. The Hall–Kier alpha value is -2.11. The molecule has 1 unspecified atom stereocenters. The van der Waals surface area contributed by atoms with E-state index in [1.807, 2.05) is 38.4 Å². The van der Waals surface area contributed by atoms with Crippen molar-refractivity contribution in [2.45, 2.75) is 58.8 Å². The number of hydrogen-bond acceptors (Lipinski definition) is 5. The van der Waals surface area contributed by atoms with E-state index in [0.717, 1.165) is 37.7 Å². The molecule has 3 rings (SSSR count). The summed E-state index contributed by atoms with van der Waals surface area (Å²) >= 11 is 0. The summed E-state index contributed by atoms with van der Waals surface area (Å²) < 4.78 is 11.5. The van der Waals surface area contributed by atoms with Crippen molar-refractivity contribution >= 4 is 0 Å². The average Bonchev–Trinajstić information content (AvgIpc) is 3.15. The Morgan fingerprint density at radius 3 is 2.69 bits per heavy atom. The van der Waals surface area contributed by atoms with Gasteiger partial charge in [0.25, 0.3) is 0 Å². The number of likely N-dealkylation sites (N-methyl/N-ethyl adjacent to an activating group) is 1. The van der Waals surface area contributed by atoms with Gasteiger partial charge in [-0.1, -0.05) is 19.1 Å². The van der Waals surface area contributed by atoms with Crippen LogP contribution in [0, 0.1) is 0 Å². The van der Waals surface area contributed by atoms with Crippen LogP contribution in [0.3, 0.4) is 0 Å². The number of aromatic nitrogens is 1. The predicted octanol–water partition coefficient (Wildman–Crippen LogP) is 4.36. The number of nitrogens with zero attached hydrogens (tertiary/aromatic N) is 3. The molecule has 1 aromatic carbocycles. The third kappa shape index (κ3) is 6.18. The van der Waals surface area contributed by atoms with Crippen LogP contribution in [0.4, 0.5) is 0 Å². The van der Waals surface area contributed by atoms with E-state index in [4.69, 9.17) is 9.47 Å². The van der Waals surface area contributed by atoms with E-state index in [1.165, 1.54) is 30.5 Å². The van der Waals surface area contributed by atoms with Gasteiger partial charge in [0, 0.05) is 38.1 Å². The summed E-state index contributed by atoms with van der Waals surface area (Å²) in [5, 5.41) is 0. The maximum Gasteiger partial charge on any atom is 0.161 e. The molecule has 0 bridgehead atoms. The Morgan fingerprint density at radius 2 is 2.00 bits per heavy atom. The Morgan fingerprint density at radius 1 is 1.17 bits per heavy atom. The molecule has 1 fully saturated rings. The van der Waals surface area contributed by atoms with Gasteiger partial charge in [-0.2, -0.15) is 0 Å². The second kappa shape index (κ2) is 10.6. The average molecular weight is 398 g/mol. The maximum atomic E-state index is 5.98. The molecule has 0 radical (unpaired) electrons. The van der Waals surface area contributed by atoms with E-state index < -0.39 is 0 Å². The molecule has 5 heteroatoms. The largest absolute Gasteiger partial charge is 0.493 e. The van der Waals surface area contributed by atoms with Crippen molar-refractivity contribution in [1.29, 1.82) is 0 Å². The Kier molecular flexibility index (Phi) is 7.90. The van der Waals surface area contributed by atoms with E-state index in [0.29, 0.717) is 6.04 Å². The molecule has 1 saturated heterocycles. The summed E-state index contributed by atoms with van der Waals surface area (Å²) in [6, 6.07) is 11.1. The van der Waals surface area contributed by atoms with Crippen LogP contribution in [0.1, 0.15) is 44.7 Å². The van der Waals surface area contributed by atoms with E-state index in [1.54, 1.807) is 7.11 Å². The number of pyridine rings is 1. The van der Waals surface area contributed by atoms with E-state index in [2.05, 4.69) is 39.9 Å². The number of methoxy groups -OCH3 is 1. The van der Waals surface area contributed by atoms with Gasteiger partial charge in [0.05, 0.1) is 13.2 Å². The van der Waals surface area contributed by atoms with Crippen molar-refractivity contribution in [1.82, 2.24) is 14.8 Å². The summed E-state index contributed by atoms with van der Waals surface area (Å²) in [7, 11) is 1.69. The van der Waals surface area contributed by atoms with Gasteiger partial charge >= 0.3 is 0 Å². The van der Waals surface area contributed by atoms with Gasteiger partial charge in [0.1, 0.15) is 0 Å². The standard InChI is InChI=1S/C24H35N3O2/c1-5-27-13-7-9-22(27)18-26(17-21-8-6-12-25-15-21)16-20-10-11-23(28-4)24(14-20)29-19(2)3/h6,8,10-12,14-15,19,22H,5,7,9,13,16-18H2,1-4H3. The van der Waals surface area contributed by atoms with Crippen LogP contribution in [-0.4, -0.2) is 53.7 Å². The predicted molar refractivity (Wildman–Crippen MR) is 117 cm³/mol. The molecule has 0 spiro atoms. The first-order valence-electron chi connectivity index (χ1n) is 10.8. The van der Waals surface area contributed by atoms with Crippen LogP contribution in [0.5, 0.6) is 11.5 Å². The van der Waals surface area contributed by atoms with Gasteiger partial charge in [-0.15, -0.1) is 0 Å². The first kappa shape index (κ1) is 21.6. The van der Waals surface area contributed by atoms with Crippen LogP contribution in [-0.2, 0) is 13.1 Å². The second-order valence-electron chi connectivity index (χ2n) is 8.11. The third-order valence-electron chi connectivity index (χ3n) is 5.50. The highest BCUT2D eigenvalue weighted by Gasteiger charge is 2.25. The van der Waals surface area contributed by atoms with Gasteiger partial charge in [0.15, 0.2) is 11.5 Å². The number of rotatable bonds is 10. The number of likely N-dealkylation sites (tertiary alicyclic amines) is 1. The number of ether oxygens (including phenoxy) is 2. The fraction of sp³-hybridized carbons (Fsp3) is 0.542. The summed E-state index contributed by atoms with van der Waals surface area (Å²) in [5.74, 6) is 1.60. The molecule has 0 saturated carbocycles. The van der Waals surface area contributed by atoms with Crippen LogP contribution < -0.4 is 9.47 Å². The Bertz CT molecular complexity index is 751. The molecular weight excluding hydrogens is 362 g/mol. The van der Waals surface area contributed by atoms with Gasteiger partial charge in [-0.25, -0.2) is 0 Å². The summed E-state index contributed by atoms with van der Waals surface area (Å²) in [4.78, 5) is 9.45. The lowest BCUT2D eigenvalue weighted by molar-refractivity contribution is 0.165. The summed E-state index contributed by atoms with van der Waals surface area (Å²) in [6.07, 6.45) is 6.50. The van der Waals surface area contributed by atoms with E-state index in [9.17, 15) is 0 Å². The minimum Gasteiger partial charge on any atom is -0.493 e. The van der Waals surface area contributed by atoms with Crippen molar-refractivity contribution in [2.24, 2.45) is 0 Å². The molecule has 2 aromatic rings. The Balaban J connectivity index is 1.78. The molecule has 1 aliphatic heterocycles. The van der Waals surface area contributed by atoms with Crippen LogP contribution in [0.2, 0.25) is 0 Å². The second-order valence-corrected chi connectivity index (χ2v) is 8.11. The quantitative estimate of drug-likeness (QED) is 0.595. The van der Waals surface area contributed by atoms with Gasteiger partial charge in [0.2, 0.25) is 0 Å². The molecule has 1 aromatic heterocycles. The van der Waals surface area contributed by atoms with E-state index >= 15 is 0 Å². The van der Waals surface area contributed by atoms with Gasteiger partial charge in [-0.3, -0.25) is 14.8 Å². The van der Waals surface area contributed by atoms with Crippen molar-refractivity contribution in [3.8, 4) is 11.5 Å². The van der Waals surface area contributed by atoms with Crippen LogP contribution >= 0.6 is 0 Å². The molecule has 29 heavy (non-hydrogen) atoms. The molecule has 158 valence electrons. The molecule has 0 amide bonds. The highest BCUT2D eigenvalue weighted by Crippen LogP contribution is 2.30. The normalized spacial score (nSPS) is 17.2. The van der Waals surface area contributed by atoms with Crippen molar-refractivity contribution in [2.75, 3.05) is 26.7 Å². The molecule has 2 heterocycles. The highest BCUT2D eigenvalue weighted by atomic mass is 16.5. The van der Waals surface area contributed by atoms with E-state index in [-0.39, 0.29) is 6.10 Å². The van der Waals surface area contributed by atoms with Crippen molar-refractivity contribution in [3.05, 3.63) is 53.9 Å². The Labute approximate surface area is 175 Å². The first-order chi connectivity index (χ1) is 14.1. The monoisotopic (exact) mass is 397 g/mol. The molecule has 0 aliphatic carbocycles. The first-order valence-corrected chi connectivity index (χ1v) is 10.8. The molecular formula is C24H35N3O2. The maximum absolute atomic E-state index is 5.98. The lowest BCUT2D eigenvalue weighted by Crippen LogP contribution is -2.39. The summed E-state index contributed by atoms with van der Waals surface area (Å²) in [5.41, 5.74) is 2.49. The topological polar surface area (TPSA) is 37.8 Å². The van der Waals surface area contributed by atoms with Crippen LogP contribution in [0.25, 0.3) is 0 Å². The molecule has 0 N–H and O–H groups in total. The van der Waals surface area contributed by atoms with Gasteiger partial charge < -0.3 is 9.47 Å². The van der Waals surface area contributed by atoms with Crippen molar-refractivity contribution < 1.29 is 9.47 Å². The number of hydrogen-bond donors (Lipinski definition) is 0. The fourth-order valence-electron chi connectivity index (χ4n) is 4.17. The highest BCUT2D eigenvalue weighted by molar-refractivity contribution is 5.43. The fourth-order valence-corrected chi connectivity index (χ4v) is 4.17. The summed E-state index contributed by atoms with van der Waals surface area (Å²) in [6.45, 7) is 11.5. The minimum absolute atomic E-state index is 0.113. The zero-order valence-corrected chi connectivity index (χ0v) is 18.3. The zero-order valence-electron chi connectivity index (χ0n) is 18.3. The lowest BCUT2D eigenvalue weighted by Gasteiger charge is -2.30. The van der Waals surface area contributed by atoms with Gasteiger partial charge in [-0.05, 0) is 69.1 Å².